The zero-order chi connectivity index (χ0) is 13.9. The molecule has 0 saturated heterocycles. The predicted molar refractivity (Wildman–Crippen MR) is 79.6 cm³/mol. The van der Waals surface area contributed by atoms with Crippen LogP contribution in [0.25, 0.3) is 11.0 Å². The Hall–Kier alpha value is -1.77. The van der Waals surface area contributed by atoms with Crippen molar-refractivity contribution in [3.05, 3.63) is 36.2 Å². The lowest BCUT2D eigenvalue weighted by molar-refractivity contribution is 0.0862. The summed E-state index contributed by atoms with van der Waals surface area (Å²) in [6.07, 6.45) is 9.08. The van der Waals surface area contributed by atoms with Crippen LogP contribution in [0.1, 0.15) is 49.4 Å². The predicted octanol–water partition coefficient (Wildman–Crippen LogP) is 4.03. The molecule has 1 aromatic heterocycles. The molecule has 3 nitrogen and oxygen atoms in total. The summed E-state index contributed by atoms with van der Waals surface area (Å²) in [5.74, 6) is 1.21. The van der Waals surface area contributed by atoms with Crippen LogP contribution in [0.2, 0.25) is 0 Å². The van der Waals surface area contributed by atoms with Gasteiger partial charge in [0.25, 0.3) is 0 Å². The molecule has 1 saturated carbocycles. The lowest BCUT2D eigenvalue weighted by atomic mass is 9.77. The van der Waals surface area contributed by atoms with Crippen LogP contribution in [-0.2, 0) is 0 Å². The van der Waals surface area contributed by atoms with Crippen LogP contribution in [0.4, 0.5) is 0 Å². The summed E-state index contributed by atoms with van der Waals surface area (Å²) in [6.45, 7) is 2.23. The summed E-state index contributed by atoms with van der Waals surface area (Å²) in [7, 11) is 0. The molecule has 0 aliphatic heterocycles. The summed E-state index contributed by atoms with van der Waals surface area (Å²) >= 11 is 0. The van der Waals surface area contributed by atoms with Crippen molar-refractivity contribution in [2.45, 2.75) is 39.0 Å². The van der Waals surface area contributed by atoms with Crippen molar-refractivity contribution < 1.29 is 4.79 Å². The minimum atomic E-state index is 0.197. The van der Waals surface area contributed by atoms with E-state index in [1.165, 1.54) is 19.3 Å². The minimum absolute atomic E-state index is 0.197. The molecule has 2 atom stereocenters. The van der Waals surface area contributed by atoms with Crippen LogP contribution in [0.15, 0.2) is 30.6 Å². The molecule has 0 amide bonds. The molecule has 2 aromatic rings. The number of carbonyl (C=O) groups excluding carboxylic acids is 1. The van der Waals surface area contributed by atoms with Crippen LogP contribution in [0.3, 0.4) is 0 Å². The largest absolute Gasteiger partial charge is 0.294 e. The van der Waals surface area contributed by atoms with Gasteiger partial charge in [0.1, 0.15) is 0 Å². The van der Waals surface area contributed by atoms with E-state index in [0.29, 0.717) is 0 Å². The Bertz CT molecular complexity index is 623. The average molecular weight is 268 g/mol. The van der Waals surface area contributed by atoms with Gasteiger partial charge in [-0.3, -0.25) is 14.8 Å². The van der Waals surface area contributed by atoms with Crippen LogP contribution in [-0.4, -0.2) is 15.8 Å². The van der Waals surface area contributed by atoms with Gasteiger partial charge in [0.2, 0.25) is 0 Å². The maximum atomic E-state index is 12.7. The lowest BCUT2D eigenvalue weighted by Gasteiger charge is -2.27. The zero-order valence-electron chi connectivity index (χ0n) is 11.9. The molecule has 0 radical (unpaired) electrons. The monoisotopic (exact) mass is 268 g/mol. The van der Waals surface area contributed by atoms with Crippen molar-refractivity contribution in [2.75, 3.05) is 0 Å². The van der Waals surface area contributed by atoms with Gasteiger partial charge < -0.3 is 0 Å². The Morgan fingerprint density at radius 2 is 2.00 bits per heavy atom. The average Bonchev–Trinajstić information content (AvgIpc) is 2.53. The number of aromatic nitrogens is 2. The van der Waals surface area contributed by atoms with E-state index in [9.17, 15) is 4.79 Å². The summed E-state index contributed by atoms with van der Waals surface area (Å²) in [6, 6.07) is 5.69. The van der Waals surface area contributed by atoms with E-state index >= 15 is 0 Å². The van der Waals surface area contributed by atoms with E-state index in [1.807, 2.05) is 18.2 Å². The highest BCUT2D eigenvalue weighted by Gasteiger charge is 2.27. The van der Waals surface area contributed by atoms with E-state index in [0.717, 1.165) is 35.4 Å². The third-order valence-electron chi connectivity index (χ3n) is 4.48. The van der Waals surface area contributed by atoms with E-state index < -0.39 is 0 Å². The zero-order valence-corrected chi connectivity index (χ0v) is 11.9. The highest BCUT2D eigenvalue weighted by Crippen LogP contribution is 2.33. The first kappa shape index (κ1) is 13.2. The van der Waals surface area contributed by atoms with E-state index in [1.54, 1.807) is 12.4 Å². The Balaban J connectivity index is 1.84. The normalized spacial score (nSPS) is 22.9. The number of Topliss-reactive ketones (excluding diaryl/α,β-unsaturated/α-hetero) is 1. The summed E-state index contributed by atoms with van der Waals surface area (Å²) < 4.78 is 0. The minimum Gasteiger partial charge on any atom is -0.294 e. The van der Waals surface area contributed by atoms with E-state index in [2.05, 4.69) is 16.9 Å². The molecule has 1 aliphatic rings. The van der Waals surface area contributed by atoms with E-state index in [4.69, 9.17) is 0 Å². The molecule has 1 fully saturated rings. The third-order valence-corrected chi connectivity index (χ3v) is 4.48. The van der Waals surface area contributed by atoms with Crippen LogP contribution < -0.4 is 0 Å². The highest BCUT2D eigenvalue weighted by molar-refractivity contribution is 6.00. The van der Waals surface area contributed by atoms with E-state index in [-0.39, 0.29) is 11.7 Å². The topological polar surface area (TPSA) is 42.9 Å². The second kappa shape index (κ2) is 5.70. The van der Waals surface area contributed by atoms with Crippen molar-refractivity contribution in [3.8, 4) is 0 Å². The molecular weight excluding hydrogens is 248 g/mol. The Kier molecular flexibility index (Phi) is 3.77. The first-order valence-electron chi connectivity index (χ1n) is 7.53. The molecule has 3 rings (SSSR count). The molecule has 0 N–H and O–H groups in total. The number of rotatable bonds is 3. The van der Waals surface area contributed by atoms with Crippen molar-refractivity contribution in [3.63, 3.8) is 0 Å². The van der Waals surface area contributed by atoms with Gasteiger partial charge in [-0.25, -0.2) is 0 Å². The number of ketones is 1. The fraction of sp³-hybridized carbons (Fsp3) is 0.471. The smallest absolute Gasteiger partial charge is 0.166 e. The van der Waals surface area contributed by atoms with Gasteiger partial charge in [-0.2, -0.15) is 0 Å². The SMILES string of the molecule is CCC1CCCC(C(=O)c2ccc3nccnc3c2)C1. The van der Waals surface area contributed by atoms with Gasteiger partial charge in [0.05, 0.1) is 11.0 Å². The Labute approximate surface area is 119 Å². The van der Waals surface area contributed by atoms with Gasteiger partial charge in [0, 0.05) is 23.9 Å². The number of hydrogen-bond donors (Lipinski definition) is 0. The van der Waals surface area contributed by atoms with Crippen LogP contribution in [0.5, 0.6) is 0 Å². The number of benzene rings is 1. The Morgan fingerprint density at radius 3 is 2.80 bits per heavy atom. The molecule has 1 aliphatic carbocycles. The standard InChI is InChI=1S/C17H20N2O/c1-2-12-4-3-5-13(10-12)17(20)14-6-7-15-16(11-14)19-9-8-18-15/h6-9,11-13H,2-5,10H2,1H3. The first-order chi connectivity index (χ1) is 9.78. The number of hydrogen-bond acceptors (Lipinski definition) is 3. The third kappa shape index (κ3) is 2.58. The second-order valence-electron chi connectivity index (χ2n) is 5.76. The maximum absolute atomic E-state index is 12.7. The second-order valence-corrected chi connectivity index (χ2v) is 5.76. The number of carbonyl (C=O) groups is 1. The Morgan fingerprint density at radius 1 is 1.20 bits per heavy atom. The van der Waals surface area contributed by atoms with Gasteiger partial charge >= 0.3 is 0 Å². The van der Waals surface area contributed by atoms with Crippen molar-refractivity contribution in [1.29, 1.82) is 0 Å². The fourth-order valence-electron chi connectivity index (χ4n) is 3.25. The van der Waals surface area contributed by atoms with Gasteiger partial charge in [-0.15, -0.1) is 0 Å². The molecule has 0 spiro atoms. The quantitative estimate of drug-likeness (QED) is 0.789. The maximum Gasteiger partial charge on any atom is 0.166 e. The summed E-state index contributed by atoms with van der Waals surface area (Å²) in [5.41, 5.74) is 2.44. The summed E-state index contributed by atoms with van der Waals surface area (Å²) in [4.78, 5) is 21.2. The molecule has 1 heterocycles. The number of fused-ring (bicyclic) bond motifs is 1. The molecular formula is C17H20N2O. The molecule has 3 heteroatoms. The van der Waals surface area contributed by atoms with Gasteiger partial charge in [-0.05, 0) is 37.0 Å². The van der Waals surface area contributed by atoms with Crippen LogP contribution >= 0.6 is 0 Å². The molecule has 0 bridgehead atoms. The van der Waals surface area contributed by atoms with Crippen molar-refractivity contribution >= 4 is 16.8 Å². The molecule has 104 valence electrons. The van der Waals surface area contributed by atoms with Gasteiger partial charge in [-0.1, -0.05) is 26.2 Å². The number of nitrogens with zero attached hydrogens (tertiary/aromatic N) is 2. The van der Waals surface area contributed by atoms with Crippen molar-refractivity contribution in [2.24, 2.45) is 11.8 Å². The first-order valence-corrected chi connectivity index (χ1v) is 7.53. The molecule has 20 heavy (non-hydrogen) atoms. The summed E-state index contributed by atoms with van der Waals surface area (Å²) in [5, 5.41) is 0. The van der Waals surface area contributed by atoms with Crippen LogP contribution in [0, 0.1) is 11.8 Å². The molecule has 2 unspecified atom stereocenters. The molecule has 1 aromatic carbocycles. The van der Waals surface area contributed by atoms with Gasteiger partial charge in [0.15, 0.2) is 5.78 Å². The highest BCUT2D eigenvalue weighted by atomic mass is 16.1. The fourth-order valence-corrected chi connectivity index (χ4v) is 3.25. The lowest BCUT2D eigenvalue weighted by Crippen LogP contribution is -2.22. The van der Waals surface area contributed by atoms with Crippen molar-refractivity contribution in [1.82, 2.24) is 9.97 Å².